The van der Waals surface area contributed by atoms with Gasteiger partial charge in [0, 0.05) is 11.6 Å². The van der Waals surface area contributed by atoms with Crippen LogP contribution in [-0.4, -0.2) is 20.6 Å². The third-order valence-corrected chi connectivity index (χ3v) is 4.18. The fourth-order valence-electron chi connectivity index (χ4n) is 2.32. The Kier molecular flexibility index (Phi) is 3.66. The largest absolute Gasteiger partial charge is 0.476 e. The lowest BCUT2D eigenvalue weighted by molar-refractivity contribution is -0.137. The van der Waals surface area contributed by atoms with Crippen LogP contribution in [-0.2, 0) is 6.18 Å². The van der Waals surface area contributed by atoms with E-state index in [0.717, 1.165) is 25.0 Å². The first-order valence-electron chi connectivity index (χ1n) is 6.47. The minimum Gasteiger partial charge on any atom is -0.476 e. The van der Waals surface area contributed by atoms with Gasteiger partial charge in [-0.15, -0.1) is 0 Å². The van der Waals surface area contributed by atoms with E-state index in [-0.39, 0.29) is 26.8 Å². The van der Waals surface area contributed by atoms with Crippen LogP contribution in [0.2, 0.25) is 0 Å². The molecule has 1 aliphatic carbocycles. The summed E-state index contributed by atoms with van der Waals surface area (Å²) >= 11 is 1.80. The maximum atomic E-state index is 12.8. The molecule has 1 aromatic carbocycles. The number of aromatic carboxylic acids is 1. The van der Waals surface area contributed by atoms with Crippen LogP contribution in [0.4, 0.5) is 13.2 Å². The molecule has 3 rings (SSSR count). The zero-order valence-electron chi connectivity index (χ0n) is 11.1. The highest BCUT2D eigenvalue weighted by Gasteiger charge is 2.34. The highest BCUT2D eigenvalue weighted by Crippen LogP contribution is 2.41. The molecule has 0 bridgehead atoms. The van der Waals surface area contributed by atoms with Gasteiger partial charge < -0.3 is 9.67 Å². The first-order valence-corrected chi connectivity index (χ1v) is 7.55. The minimum atomic E-state index is -4.45. The quantitative estimate of drug-likeness (QED) is 0.755. The third-order valence-electron chi connectivity index (χ3n) is 3.43. The molecular weight excluding hydrogens is 412 g/mol. The van der Waals surface area contributed by atoms with Gasteiger partial charge >= 0.3 is 12.1 Å². The Morgan fingerprint density at radius 1 is 1.36 bits per heavy atom. The van der Waals surface area contributed by atoms with Gasteiger partial charge in [-0.1, -0.05) is 12.1 Å². The number of imidazole rings is 1. The van der Waals surface area contributed by atoms with Crippen molar-refractivity contribution in [1.82, 2.24) is 9.55 Å². The van der Waals surface area contributed by atoms with Crippen LogP contribution in [0.15, 0.2) is 24.3 Å². The summed E-state index contributed by atoms with van der Waals surface area (Å²) < 4.78 is 40.4. The summed E-state index contributed by atoms with van der Waals surface area (Å²) in [5.41, 5.74) is -0.468. The van der Waals surface area contributed by atoms with Crippen molar-refractivity contribution >= 4 is 28.6 Å². The van der Waals surface area contributed by atoms with Gasteiger partial charge in [-0.3, -0.25) is 0 Å². The van der Waals surface area contributed by atoms with Gasteiger partial charge in [0.05, 0.1) is 5.56 Å². The molecule has 2 aromatic rings. The van der Waals surface area contributed by atoms with Crippen molar-refractivity contribution in [3.05, 3.63) is 39.2 Å². The van der Waals surface area contributed by atoms with Gasteiger partial charge in [0.2, 0.25) is 0 Å². The SMILES string of the molecule is O=C(O)c1c(I)nc(-c2cccc(C(F)(F)F)c2)n1C1CC1. The van der Waals surface area contributed by atoms with Crippen molar-refractivity contribution in [3.63, 3.8) is 0 Å². The molecule has 0 amide bonds. The Balaban J connectivity index is 2.17. The number of nitrogens with zero attached hydrogens (tertiary/aromatic N) is 2. The van der Waals surface area contributed by atoms with Crippen LogP contribution in [0, 0.1) is 3.70 Å². The Bertz CT molecular complexity index is 751. The molecule has 0 saturated heterocycles. The average Bonchev–Trinajstić information content (AvgIpc) is 3.20. The van der Waals surface area contributed by atoms with Crippen molar-refractivity contribution in [2.75, 3.05) is 0 Å². The number of hydrogen-bond acceptors (Lipinski definition) is 2. The summed E-state index contributed by atoms with van der Waals surface area (Å²) in [6.07, 6.45) is -2.84. The highest BCUT2D eigenvalue weighted by molar-refractivity contribution is 14.1. The topological polar surface area (TPSA) is 55.1 Å². The lowest BCUT2D eigenvalue weighted by atomic mass is 10.1. The molecule has 8 heteroatoms. The van der Waals surface area contributed by atoms with E-state index in [1.54, 1.807) is 27.2 Å². The van der Waals surface area contributed by atoms with Gasteiger partial charge in [0.25, 0.3) is 0 Å². The molecule has 1 aromatic heterocycles. The van der Waals surface area contributed by atoms with E-state index < -0.39 is 17.7 Å². The predicted octanol–water partition coefficient (Wildman–Crippen LogP) is 4.21. The summed E-state index contributed by atoms with van der Waals surface area (Å²) in [6.45, 7) is 0. The van der Waals surface area contributed by atoms with Crippen molar-refractivity contribution in [2.24, 2.45) is 0 Å². The van der Waals surface area contributed by atoms with Crippen LogP contribution >= 0.6 is 22.6 Å². The maximum Gasteiger partial charge on any atom is 0.416 e. The minimum absolute atomic E-state index is 0.00772. The molecule has 1 heterocycles. The second-order valence-corrected chi connectivity index (χ2v) is 6.08. The molecule has 1 fully saturated rings. The number of hydrogen-bond donors (Lipinski definition) is 1. The second-order valence-electron chi connectivity index (χ2n) is 5.06. The van der Waals surface area contributed by atoms with E-state index in [0.29, 0.717) is 0 Å². The van der Waals surface area contributed by atoms with Crippen molar-refractivity contribution < 1.29 is 23.1 Å². The maximum absolute atomic E-state index is 12.8. The standard InChI is InChI=1S/C14H10F3IN2O2/c15-14(16,17)8-3-1-2-7(6-8)12-19-11(18)10(13(21)22)20(12)9-4-5-9/h1-3,6,9H,4-5H2,(H,21,22). The smallest absolute Gasteiger partial charge is 0.416 e. The fourth-order valence-corrected chi connectivity index (χ4v) is 3.04. The Hall–Kier alpha value is -1.58. The summed E-state index contributed by atoms with van der Waals surface area (Å²) in [4.78, 5) is 15.6. The average molecular weight is 422 g/mol. The molecule has 116 valence electrons. The molecule has 1 saturated carbocycles. The van der Waals surface area contributed by atoms with Gasteiger partial charge in [-0.2, -0.15) is 13.2 Å². The van der Waals surface area contributed by atoms with Gasteiger partial charge in [0.15, 0.2) is 5.69 Å². The molecule has 22 heavy (non-hydrogen) atoms. The molecular formula is C14H10F3IN2O2. The van der Waals surface area contributed by atoms with Gasteiger partial charge in [-0.05, 0) is 47.6 Å². The molecule has 1 N–H and O–H groups in total. The normalized spacial score (nSPS) is 15.1. The van der Waals surface area contributed by atoms with Crippen molar-refractivity contribution in [1.29, 1.82) is 0 Å². The van der Waals surface area contributed by atoms with Crippen molar-refractivity contribution in [2.45, 2.75) is 25.1 Å². The van der Waals surface area contributed by atoms with Gasteiger partial charge in [-0.25, -0.2) is 9.78 Å². The van der Waals surface area contributed by atoms with Gasteiger partial charge in [0.1, 0.15) is 9.53 Å². The fraction of sp³-hybridized carbons (Fsp3) is 0.286. The monoisotopic (exact) mass is 422 g/mol. The molecule has 1 aliphatic rings. The molecule has 0 unspecified atom stereocenters. The zero-order chi connectivity index (χ0) is 16.1. The van der Waals surface area contributed by atoms with Crippen LogP contribution in [0.1, 0.15) is 34.9 Å². The number of halogens is 4. The van der Waals surface area contributed by atoms with E-state index in [2.05, 4.69) is 4.98 Å². The lowest BCUT2D eigenvalue weighted by Gasteiger charge is -2.11. The second kappa shape index (κ2) is 5.25. The Labute approximate surface area is 137 Å². The lowest BCUT2D eigenvalue weighted by Crippen LogP contribution is -2.10. The van der Waals surface area contributed by atoms with E-state index in [1.807, 2.05) is 0 Å². The number of alkyl halides is 3. The zero-order valence-corrected chi connectivity index (χ0v) is 13.2. The Morgan fingerprint density at radius 3 is 2.59 bits per heavy atom. The summed E-state index contributed by atoms with van der Waals surface area (Å²) in [5, 5.41) is 9.32. The summed E-state index contributed by atoms with van der Waals surface area (Å²) in [5.74, 6) is -0.850. The summed E-state index contributed by atoms with van der Waals surface area (Å²) in [6, 6.07) is 4.79. The number of carboxylic acid groups (broad SMARTS) is 1. The van der Waals surface area contributed by atoms with E-state index in [4.69, 9.17) is 0 Å². The van der Waals surface area contributed by atoms with E-state index in [1.165, 1.54) is 12.1 Å². The van der Waals surface area contributed by atoms with Crippen LogP contribution < -0.4 is 0 Å². The highest BCUT2D eigenvalue weighted by atomic mass is 127. The first-order chi connectivity index (χ1) is 10.3. The van der Waals surface area contributed by atoms with Crippen LogP contribution in [0.25, 0.3) is 11.4 Å². The van der Waals surface area contributed by atoms with Crippen LogP contribution in [0.5, 0.6) is 0 Å². The number of carboxylic acids is 1. The number of aromatic nitrogens is 2. The van der Waals surface area contributed by atoms with E-state index >= 15 is 0 Å². The van der Waals surface area contributed by atoms with Crippen molar-refractivity contribution in [3.8, 4) is 11.4 Å². The number of benzene rings is 1. The molecule has 0 aliphatic heterocycles. The third kappa shape index (κ3) is 2.71. The van der Waals surface area contributed by atoms with Crippen LogP contribution in [0.3, 0.4) is 0 Å². The first kappa shape index (κ1) is 15.3. The molecule has 0 spiro atoms. The number of rotatable bonds is 3. The molecule has 0 atom stereocenters. The predicted molar refractivity (Wildman–Crippen MR) is 80.6 cm³/mol. The summed E-state index contributed by atoms with van der Waals surface area (Å²) in [7, 11) is 0. The molecule has 4 nitrogen and oxygen atoms in total. The van der Waals surface area contributed by atoms with E-state index in [9.17, 15) is 23.1 Å². The molecule has 0 radical (unpaired) electrons. The number of carbonyl (C=O) groups is 1. The Morgan fingerprint density at radius 2 is 2.05 bits per heavy atom.